The van der Waals surface area contributed by atoms with Gasteiger partial charge in [-0.2, -0.15) is 5.26 Å². The lowest BCUT2D eigenvalue weighted by molar-refractivity contribution is 0.0989. The Labute approximate surface area is 99.2 Å². The lowest BCUT2D eigenvalue weighted by atomic mass is 10.0. The number of carbonyl (C=O) groups is 1. The third-order valence-electron chi connectivity index (χ3n) is 1.75. The monoisotopic (exact) mass is 315 g/mol. The van der Waals surface area contributed by atoms with Crippen LogP contribution in [-0.4, -0.2) is 11.1 Å². The van der Waals surface area contributed by atoms with Crippen LogP contribution in [0.15, 0.2) is 22.7 Å². The molecular weight excluding hydrogens is 310 g/mol. The number of nitriles is 1. The average Bonchev–Trinajstić information content (AvgIpc) is 2.17. The highest BCUT2D eigenvalue weighted by molar-refractivity contribution is 9.10. The molecule has 1 aromatic carbocycles. The maximum absolute atomic E-state index is 11.6. The van der Waals surface area contributed by atoms with Crippen molar-refractivity contribution in [1.82, 2.24) is 0 Å². The van der Waals surface area contributed by atoms with Gasteiger partial charge in [0, 0.05) is 21.8 Å². The number of alkyl halides is 1. The summed E-state index contributed by atoms with van der Waals surface area (Å²) in [6.07, 6.45) is 0.408. The zero-order valence-electron chi connectivity index (χ0n) is 7.26. The Hall–Kier alpha value is -0.660. The maximum Gasteiger partial charge on any atom is 0.165 e. The highest BCUT2D eigenvalue weighted by Gasteiger charge is 2.12. The molecule has 1 aromatic rings. The van der Waals surface area contributed by atoms with E-state index in [0.29, 0.717) is 27.4 Å². The second-order valence-corrected chi connectivity index (χ2v) is 4.28. The van der Waals surface area contributed by atoms with Crippen molar-refractivity contribution in [3.63, 3.8) is 0 Å². The molecule has 0 unspecified atom stereocenters. The molecule has 0 heterocycles. The Bertz CT molecular complexity index is 396. The fourth-order valence-corrected chi connectivity index (χ4v) is 1.91. The van der Waals surface area contributed by atoms with E-state index < -0.39 is 0 Å². The number of benzene rings is 1. The van der Waals surface area contributed by atoms with Gasteiger partial charge in [-0.05, 0) is 28.1 Å². The van der Waals surface area contributed by atoms with Crippen LogP contribution in [0.5, 0.6) is 0 Å². The van der Waals surface area contributed by atoms with Crippen LogP contribution in [0.4, 0.5) is 0 Å². The van der Waals surface area contributed by atoms with Gasteiger partial charge in [0.25, 0.3) is 0 Å². The van der Waals surface area contributed by atoms with Crippen LogP contribution in [0.25, 0.3) is 0 Å². The third-order valence-corrected chi connectivity index (χ3v) is 2.80. The molecule has 0 N–H and O–H groups in total. The number of halogens is 2. The lowest BCUT2D eigenvalue weighted by Crippen LogP contribution is -2.02. The van der Waals surface area contributed by atoms with E-state index in [4.69, 9.17) is 5.26 Å². The minimum absolute atomic E-state index is 0.0141. The van der Waals surface area contributed by atoms with E-state index >= 15 is 0 Å². The van der Waals surface area contributed by atoms with Crippen molar-refractivity contribution < 1.29 is 4.79 Å². The summed E-state index contributed by atoms with van der Waals surface area (Å²) in [5, 5.41) is 9.49. The van der Waals surface area contributed by atoms with E-state index in [-0.39, 0.29) is 5.78 Å². The van der Waals surface area contributed by atoms with E-state index in [1.807, 2.05) is 6.07 Å². The Balaban J connectivity index is 3.15. The standard InChI is InChI=1S/C10H7Br2NO/c11-5-4-10(14)7-2-1-3-9(12)8(7)6-13/h1-3H,4-5H2. The molecule has 0 bridgehead atoms. The molecular formula is C10H7Br2NO. The lowest BCUT2D eigenvalue weighted by Gasteiger charge is -2.02. The van der Waals surface area contributed by atoms with Crippen LogP contribution in [0.3, 0.4) is 0 Å². The van der Waals surface area contributed by atoms with Crippen molar-refractivity contribution >= 4 is 37.6 Å². The zero-order chi connectivity index (χ0) is 10.6. The van der Waals surface area contributed by atoms with E-state index in [9.17, 15) is 4.79 Å². The highest BCUT2D eigenvalue weighted by Crippen LogP contribution is 2.20. The van der Waals surface area contributed by atoms with Gasteiger partial charge < -0.3 is 0 Å². The minimum Gasteiger partial charge on any atom is -0.294 e. The molecule has 0 radical (unpaired) electrons. The Kier molecular flexibility index (Phi) is 4.30. The normalized spacial score (nSPS) is 9.50. The van der Waals surface area contributed by atoms with Crippen molar-refractivity contribution in [2.45, 2.75) is 6.42 Å². The van der Waals surface area contributed by atoms with Crippen molar-refractivity contribution in [3.8, 4) is 6.07 Å². The van der Waals surface area contributed by atoms with E-state index in [0.717, 1.165) is 0 Å². The Morgan fingerprint density at radius 3 is 2.79 bits per heavy atom. The second-order valence-electron chi connectivity index (χ2n) is 2.64. The summed E-state index contributed by atoms with van der Waals surface area (Å²) in [5.74, 6) is -0.0141. The fourth-order valence-electron chi connectivity index (χ4n) is 1.09. The van der Waals surface area contributed by atoms with Crippen LogP contribution in [-0.2, 0) is 0 Å². The number of rotatable bonds is 3. The van der Waals surface area contributed by atoms with Crippen LogP contribution in [0.2, 0.25) is 0 Å². The van der Waals surface area contributed by atoms with E-state index in [1.165, 1.54) is 0 Å². The first-order valence-corrected chi connectivity index (χ1v) is 5.90. The molecule has 0 saturated carbocycles. The number of ketones is 1. The van der Waals surface area contributed by atoms with E-state index in [2.05, 4.69) is 31.9 Å². The van der Waals surface area contributed by atoms with Crippen LogP contribution in [0, 0.1) is 11.3 Å². The predicted octanol–water partition coefficient (Wildman–Crippen LogP) is 3.29. The van der Waals surface area contributed by atoms with Gasteiger partial charge in [-0.3, -0.25) is 4.79 Å². The molecule has 1 rings (SSSR count). The topological polar surface area (TPSA) is 40.9 Å². The predicted molar refractivity (Wildman–Crippen MR) is 61.6 cm³/mol. The molecule has 0 aliphatic carbocycles. The van der Waals surface area contributed by atoms with E-state index in [1.54, 1.807) is 18.2 Å². The van der Waals surface area contributed by atoms with Gasteiger partial charge in [0.1, 0.15) is 6.07 Å². The first-order valence-electron chi connectivity index (χ1n) is 3.98. The van der Waals surface area contributed by atoms with Gasteiger partial charge in [0.05, 0.1) is 5.56 Å². The fraction of sp³-hybridized carbons (Fsp3) is 0.200. The summed E-state index contributed by atoms with van der Waals surface area (Å²) in [5.41, 5.74) is 0.903. The molecule has 2 nitrogen and oxygen atoms in total. The average molecular weight is 317 g/mol. The van der Waals surface area contributed by atoms with Crippen LogP contribution < -0.4 is 0 Å². The number of hydrogen-bond acceptors (Lipinski definition) is 2. The van der Waals surface area contributed by atoms with Crippen molar-refractivity contribution in [1.29, 1.82) is 5.26 Å². The van der Waals surface area contributed by atoms with Gasteiger partial charge in [0.2, 0.25) is 0 Å². The number of carbonyl (C=O) groups excluding carboxylic acids is 1. The Morgan fingerprint density at radius 2 is 2.21 bits per heavy atom. The largest absolute Gasteiger partial charge is 0.294 e. The van der Waals surface area contributed by atoms with Crippen LogP contribution in [0.1, 0.15) is 22.3 Å². The molecule has 0 fully saturated rings. The summed E-state index contributed by atoms with van der Waals surface area (Å²) in [6.45, 7) is 0. The van der Waals surface area contributed by atoms with Crippen molar-refractivity contribution in [3.05, 3.63) is 33.8 Å². The first kappa shape index (κ1) is 11.4. The molecule has 0 atom stereocenters. The van der Waals surface area contributed by atoms with Gasteiger partial charge >= 0.3 is 0 Å². The molecule has 14 heavy (non-hydrogen) atoms. The number of Topliss-reactive ketones (excluding diaryl/α,β-unsaturated/α-hetero) is 1. The molecule has 0 aromatic heterocycles. The third kappa shape index (κ3) is 2.43. The molecule has 0 amide bonds. The molecule has 0 aliphatic rings. The van der Waals surface area contributed by atoms with Crippen molar-refractivity contribution in [2.75, 3.05) is 5.33 Å². The van der Waals surface area contributed by atoms with Gasteiger partial charge in [0.15, 0.2) is 5.78 Å². The van der Waals surface area contributed by atoms with Gasteiger partial charge in [-0.1, -0.05) is 22.0 Å². The quantitative estimate of drug-likeness (QED) is 0.634. The second kappa shape index (κ2) is 5.28. The molecule has 0 saturated heterocycles. The summed E-state index contributed by atoms with van der Waals surface area (Å²) in [4.78, 5) is 11.6. The van der Waals surface area contributed by atoms with Gasteiger partial charge in [-0.15, -0.1) is 0 Å². The summed E-state index contributed by atoms with van der Waals surface area (Å²) in [6, 6.07) is 7.20. The Morgan fingerprint density at radius 1 is 1.50 bits per heavy atom. The smallest absolute Gasteiger partial charge is 0.165 e. The van der Waals surface area contributed by atoms with Crippen LogP contribution >= 0.6 is 31.9 Å². The number of nitrogens with zero attached hydrogens (tertiary/aromatic N) is 1. The maximum atomic E-state index is 11.6. The highest BCUT2D eigenvalue weighted by atomic mass is 79.9. The molecule has 0 spiro atoms. The molecule has 72 valence electrons. The number of hydrogen-bond donors (Lipinski definition) is 0. The SMILES string of the molecule is N#Cc1c(Br)cccc1C(=O)CCBr. The summed E-state index contributed by atoms with van der Waals surface area (Å²) >= 11 is 6.44. The molecule has 0 aliphatic heterocycles. The van der Waals surface area contributed by atoms with Crippen molar-refractivity contribution in [2.24, 2.45) is 0 Å². The van der Waals surface area contributed by atoms with Gasteiger partial charge in [-0.25, -0.2) is 0 Å². The zero-order valence-corrected chi connectivity index (χ0v) is 10.4. The molecule has 4 heteroatoms. The summed E-state index contributed by atoms with van der Waals surface area (Å²) < 4.78 is 0.667. The minimum atomic E-state index is -0.0141. The first-order chi connectivity index (χ1) is 6.70. The summed E-state index contributed by atoms with van der Waals surface area (Å²) in [7, 11) is 0.